The zero-order valence-corrected chi connectivity index (χ0v) is 10.6. The Balaban J connectivity index is 1.96. The molecule has 15 heavy (non-hydrogen) atoms. The molecule has 1 aromatic carbocycles. The van der Waals surface area contributed by atoms with E-state index in [0.717, 1.165) is 17.6 Å². The van der Waals surface area contributed by atoms with Crippen molar-refractivity contribution in [3.8, 4) is 0 Å². The van der Waals surface area contributed by atoms with Crippen molar-refractivity contribution in [1.29, 1.82) is 0 Å². The smallest absolute Gasteiger partial charge is 0.0351 e. The van der Waals surface area contributed by atoms with E-state index in [2.05, 4.69) is 46.4 Å². The standard InChI is InChI=1S/C12H17BrN2/c1-9-2-3-10(6-11(9)13)15-8-12(7-14)4-5-12/h2-3,6,15H,4-5,7-8,14H2,1H3. The first kappa shape index (κ1) is 11.0. The fourth-order valence-corrected chi connectivity index (χ4v) is 2.00. The molecule has 0 atom stereocenters. The van der Waals surface area contributed by atoms with Crippen LogP contribution >= 0.6 is 15.9 Å². The average Bonchev–Trinajstić information content (AvgIpc) is 3.01. The molecule has 0 unspecified atom stereocenters. The third-order valence-electron chi connectivity index (χ3n) is 3.23. The van der Waals surface area contributed by atoms with Gasteiger partial charge in [0.2, 0.25) is 0 Å². The van der Waals surface area contributed by atoms with Gasteiger partial charge in [-0.05, 0) is 49.4 Å². The van der Waals surface area contributed by atoms with Crippen LogP contribution in [0.2, 0.25) is 0 Å². The van der Waals surface area contributed by atoms with Gasteiger partial charge in [-0.15, -0.1) is 0 Å². The van der Waals surface area contributed by atoms with Gasteiger partial charge in [-0.3, -0.25) is 0 Å². The SMILES string of the molecule is Cc1ccc(NCC2(CN)CC2)cc1Br. The summed E-state index contributed by atoms with van der Waals surface area (Å²) < 4.78 is 1.16. The minimum absolute atomic E-state index is 0.386. The first-order chi connectivity index (χ1) is 7.15. The fraction of sp³-hybridized carbons (Fsp3) is 0.500. The maximum absolute atomic E-state index is 5.74. The van der Waals surface area contributed by atoms with E-state index in [1.54, 1.807) is 0 Å². The molecule has 0 saturated heterocycles. The topological polar surface area (TPSA) is 38.0 Å². The Bertz CT molecular complexity index is 359. The fourth-order valence-electron chi connectivity index (χ4n) is 1.62. The summed E-state index contributed by atoms with van der Waals surface area (Å²) in [5.74, 6) is 0. The molecule has 0 aliphatic heterocycles. The van der Waals surface area contributed by atoms with Crippen LogP contribution in [-0.2, 0) is 0 Å². The van der Waals surface area contributed by atoms with E-state index in [-0.39, 0.29) is 0 Å². The van der Waals surface area contributed by atoms with Crippen LogP contribution in [0.3, 0.4) is 0 Å². The summed E-state index contributed by atoms with van der Waals surface area (Å²) in [4.78, 5) is 0. The summed E-state index contributed by atoms with van der Waals surface area (Å²) >= 11 is 3.53. The molecular formula is C12H17BrN2. The molecule has 2 nitrogen and oxygen atoms in total. The Hall–Kier alpha value is -0.540. The highest BCUT2D eigenvalue weighted by molar-refractivity contribution is 9.10. The Morgan fingerprint density at radius 1 is 1.47 bits per heavy atom. The second-order valence-electron chi connectivity index (χ2n) is 4.52. The maximum atomic E-state index is 5.74. The summed E-state index contributed by atoms with van der Waals surface area (Å²) in [7, 11) is 0. The second-order valence-corrected chi connectivity index (χ2v) is 5.38. The van der Waals surface area contributed by atoms with Gasteiger partial charge in [0.05, 0.1) is 0 Å². The van der Waals surface area contributed by atoms with Gasteiger partial charge in [-0.1, -0.05) is 22.0 Å². The number of anilines is 1. The van der Waals surface area contributed by atoms with Crippen LogP contribution in [0.4, 0.5) is 5.69 Å². The highest BCUT2D eigenvalue weighted by Gasteiger charge is 2.40. The minimum Gasteiger partial charge on any atom is -0.384 e. The first-order valence-corrected chi connectivity index (χ1v) is 6.15. The molecule has 0 aromatic heterocycles. The number of benzene rings is 1. The summed E-state index contributed by atoms with van der Waals surface area (Å²) in [6.45, 7) is 3.89. The van der Waals surface area contributed by atoms with Gasteiger partial charge < -0.3 is 11.1 Å². The molecule has 1 aliphatic rings. The summed E-state index contributed by atoms with van der Waals surface area (Å²) in [5.41, 5.74) is 8.56. The number of hydrogen-bond donors (Lipinski definition) is 2. The van der Waals surface area contributed by atoms with Crippen LogP contribution in [0.15, 0.2) is 22.7 Å². The van der Waals surface area contributed by atoms with Gasteiger partial charge in [-0.25, -0.2) is 0 Å². The van der Waals surface area contributed by atoms with Gasteiger partial charge in [0.15, 0.2) is 0 Å². The monoisotopic (exact) mass is 268 g/mol. The number of nitrogens with one attached hydrogen (secondary N) is 1. The Labute approximate surface area is 99.4 Å². The van der Waals surface area contributed by atoms with E-state index in [1.807, 2.05) is 0 Å². The molecule has 1 fully saturated rings. The highest BCUT2D eigenvalue weighted by Crippen LogP contribution is 2.44. The van der Waals surface area contributed by atoms with Crippen molar-refractivity contribution in [3.05, 3.63) is 28.2 Å². The molecule has 1 saturated carbocycles. The lowest BCUT2D eigenvalue weighted by Crippen LogP contribution is -2.24. The Morgan fingerprint density at radius 2 is 2.20 bits per heavy atom. The van der Waals surface area contributed by atoms with Crippen molar-refractivity contribution < 1.29 is 0 Å². The van der Waals surface area contributed by atoms with E-state index in [1.165, 1.54) is 24.1 Å². The predicted molar refractivity (Wildman–Crippen MR) is 68.1 cm³/mol. The molecular weight excluding hydrogens is 252 g/mol. The summed E-state index contributed by atoms with van der Waals surface area (Å²) in [6.07, 6.45) is 2.53. The summed E-state index contributed by atoms with van der Waals surface area (Å²) in [6, 6.07) is 6.36. The normalized spacial score (nSPS) is 17.5. The van der Waals surface area contributed by atoms with Crippen molar-refractivity contribution in [3.63, 3.8) is 0 Å². The predicted octanol–water partition coefficient (Wildman–Crippen LogP) is 2.91. The molecule has 0 spiro atoms. The van der Waals surface area contributed by atoms with Crippen LogP contribution in [0, 0.1) is 12.3 Å². The van der Waals surface area contributed by atoms with Gasteiger partial charge in [0.1, 0.15) is 0 Å². The van der Waals surface area contributed by atoms with Crippen LogP contribution in [0.1, 0.15) is 18.4 Å². The number of aryl methyl sites for hydroxylation is 1. The van der Waals surface area contributed by atoms with Crippen molar-refractivity contribution in [1.82, 2.24) is 0 Å². The third kappa shape index (κ3) is 2.52. The third-order valence-corrected chi connectivity index (χ3v) is 4.08. The van der Waals surface area contributed by atoms with E-state index < -0.39 is 0 Å². The highest BCUT2D eigenvalue weighted by atomic mass is 79.9. The van der Waals surface area contributed by atoms with Crippen LogP contribution in [0.25, 0.3) is 0 Å². The van der Waals surface area contributed by atoms with Gasteiger partial charge in [-0.2, -0.15) is 0 Å². The van der Waals surface area contributed by atoms with Crippen LogP contribution in [-0.4, -0.2) is 13.1 Å². The Morgan fingerprint density at radius 3 is 2.73 bits per heavy atom. The van der Waals surface area contributed by atoms with Gasteiger partial charge in [0.25, 0.3) is 0 Å². The number of nitrogens with two attached hydrogens (primary N) is 1. The van der Waals surface area contributed by atoms with Crippen molar-refractivity contribution in [2.45, 2.75) is 19.8 Å². The molecule has 2 rings (SSSR count). The second kappa shape index (κ2) is 4.14. The molecule has 3 heteroatoms. The molecule has 0 radical (unpaired) electrons. The summed E-state index contributed by atoms with van der Waals surface area (Å²) in [5, 5.41) is 3.46. The molecule has 0 amide bonds. The van der Waals surface area contributed by atoms with E-state index >= 15 is 0 Å². The quantitative estimate of drug-likeness (QED) is 0.882. The lowest BCUT2D eigenvalue weighted by atomic mass is 10.1. The number of halogens is 1. The largest absolute Gasteiger partial charge is 0.384 e. The molecule has 1 aromatic rings. The van der Waals surface area contributed by atoms with Crippen LogP contribution in [0.5, 0.6) is 0 Å². The van der Waals surface area contributed by atoms with E-state index in [4.69, 9.17) is 5.73 Å². The lowest BCUT2D eigenvalue weighted by Gasteiger charge is -2.14. The molecule has 0 bridgehead atoms. The van der Waals surface area contributed by atoms with Gasteiger partial charge >= 0.3 is 0 Å². The molecule has 1 aliphatic carbocycles. The molecule has 0 heterocycles. The number of hydrogen-bond acceptors (Lipinski definition) is 2. The van der Waals surface area contributed by atoms with Crippen molar-refractivity contribution >= 4 is 21.6 Å². The molecule has 82 valence electrons. The maximum Gasteiger partial charge on any atom is 0.0351 e. The van der Waals surface area contributed by atoms with Crippen molar-refractivity contribution in [2.24, 2.45) is 11.1 Å². The zero-order chi connectivity index (χ0) is 10.9. The molecule has 3 N–H and O–H groups in total. The minimum atomic E-state index is 0.386. The first-order valence-electron chi connectivity index (χ1n) is 5.35. The van der Waals surface area contributed by atoms with Crippen LogP contribution < -0.4 is 11.1 Å². The zero-order valence-electron chi connectivity index (χ0n) is 9.02. The Kier molecular flexibility index (Phi) is 3.03. The van der Waals surface area contributed by atoms with Crippen molar-refractivity contribution in [2.75, 3.05) is 18.4 Å². The average molecular weight is 269 g/mol. The van der Waals surface area contributed by atoms with Gasteiger partial charge in [0, 0.05) is 16.7 Å². The van der Waals surface area contributed by atoms with E-state index in [0.29, 0.717) is 5.41 Å². The van der Waals surface area contributed by atoms with E-state index in [9.17, 15) is 0 Å². The lowest BCUT2D eigenvalue weighted by molar-refractivity contribution is 0.556. The number of rotatable bonds is 4.